The number of aryl methyl sites for hydroxylation is 1. The van der Waals surface area contributed by atoms with Gasteiger partial charge >= 0.3 is 0 Å². The molecule has 5 heteroatoms. The Balaban J connectivity index is 1.64. The molecular weight excluding hydrogens is 314 g/mol. The van der Waals surface area contributed by atoms with Crippen LogP contribution in [-0.2, 0) is 7.05 Å². The number of nitrogens with zero attached hydrogens (tertiary/aromatic N) is 2. The first-order valence-electron chi connectivity index (χ1n) is 8.24. The average Bonchev–Trinajstić information content (AvgIpc) is 3.00. The second kappa shape index (κ2) is 6.99. The highest BCUT2D eigenvalue weighted by Gasteiger charge is 2.12. The molecule has 0 aliphatic rings. The van der Waals surface area contributed by atoms with E-state index in [0.29, 0.717) is 5.56 Å². The number of carbonyl (C=O) groups is 1. The van der Waals surface area contributed by atoms with Crippen molar-refractivity contribution in [3.05, 3.63) is 65.9 Å². The summed E-state index contributed by atoms with van der Waals surface area (Å²) < 4.78 is 2.03. The van der Waals surface area contributed by atoms with Gasteiger partial charge in [0.15, 0.2) is 0 Å². The molecule has 2 N–H and O–H groups in total. The zero-order chi connectivity index (χ0) is 18.0. The van der Waals surface area contributed by atoms with Crippen LogP contribution in [0.3, 0.4) is 0 Å². The van der Waals surface area contributed by atoms with Crippen LogP contribution in [0.2, 0.25) is 0 Å². The topological polar surface area (TPSA) is 57.5 Å². The first kappa shape index (κ1) is 17.0. The zero-order valence-electron chi connectivity index (χ0n) is 14.7. The van der Waals surface area contributed by atoms with Crippen molar-refractivity contribution in [2.45, 2.75) is 6.10 Å². The highest BCUT2D eigenvalue weighted by atomic mass is 16.3. The van der Waals surface area contributed by atoms with Crippen LogP contribution in [0.25, 0.3) is 10.9 Å². The lowest BCUT2D eigenvalue weighted by Gasteiger charge is -2.14. The van der Waals surface area contributed by atoms with Crippen molar-refractivity contribution in [2.24, 2.45) is 7.05 Å². The fourth-order valence-electron chi connectivity index (χ4n) is 2.83. The Morgan fingerprint density at radius 2 is 1.88 bits per heavy atom. The van der Waals surface area contributed by atoms with Gasteiger partial charge in [0.2, 0.25) is 0 Å². The van der Waals surface area contributed by atoms with Crippen LogP contribution < -0.4 is 10.2 Å². The fraction of sp³-hybridized carbons (Fsp3) is 0.250. The Bertz CT molecular complexity index is 882. The van der Waals surface area contributed by atoms with Crippen LogP contribution in [0.1, 0.15) is 22.0 Å². The molecule has 0 saturated heterocycles. The van der Waals surface area contributed by atoms with Crippen LogP contribution in [0.5, 0.6) is 0 Å². The highest BCUT2D eigenvalue weighted by molar-refractivity contribution is 5.94. The number of carbonyl (C=O) groups excluding carboxylic acids is 1. The van der Waals surface area contributed by atoms with Gasteiger partial charge < -0.3 is 19.9 Å². The molecule has 1 unspecified atom stereocenters. The third kappa shape index (κ3) is 3.67. The van der Waals surface area contributed by atoms with Gasteiger partial charge in [-0.15, -0.1) is 0 Å². The number of fused-ring (bicyclic) bond motifs is 1. The van der Waals surface area contributed by atoms with Crippen molar-refractivity contribution in [2.75, 3.05) is 25.5 Å². The summed E-state index contributed by atoms with van der Waals surface area (Å²) in [6.07, 6.45) is 1.24. The lowest BCUT2D eigenvalue weighted by molar-refractivity contribution is 0.0916. The minimum absolute atomic E-state index is 0.173. The van der Waals surface area contributed by atoms with Crippen LogP contribution >= 0.6 is 0 Å². The number of anilines is 1. The highest BCUT2D eigenvalue weighted by Crippen LogP contribution is 2.21. The maximum Gasteiger partial charge on any atom is 0.251 e. The Hall–Kier alpha value is -2.79. The lowest BCUT2D eigenvalue weighted by atomic mass is 10.1. The normalized spacial score (nSPS) is 12.2. The third-order valence-electron chi connectivity index (χ3n) is 4.40. The quantitative estimate of drug-likeness (QED) is 0.753. The maximum atomic E-state index is 12.2. The van der Waals surface area contributed by atoms with Gasteiger partial charge in [-0.3, -0.25) is 4.79 Å². The van der Waals surface area contributed by atoms with E-state index >= 15 is 0 Å². The van der Waals surface area contributed by atoms with Gasteiger partial charge in [0.05, 0.1) is 6.10 Å². The summed E-state index contributed by atoms with van der Waals surface area (Å²) >= 11 is 0. The molecule has 1 amide bonds. The van der Waals surface area contributed by atoms with Crippen molar-refractivity contribution < 1.29 is 9.90 Å². The molecule has 25 heavy (non-hydrogen) atoms. The van der Waals surface area contributed by atoms with Crippen molar-refractivity contribution in [3.8, 4) is 0 Å². The first-order chi connectivity index (χ1) is 12.0. The molecule has 5 nitrogen and oxygen atoms in total. The molecule has 130 valence electrons. The number of aliphatic hydroxyl groups excluding tert-OH is 1. The number of hydrogen-bond donors (Lipinski definition) is 2. The number of benzene rings is 2. The molecule has 3 rings (SSSR count). The molecule has 0 spiro atoms. The third-order valence-corrected chi connectivity index (χ3v) is 4.40. The molecule has 0 bridgehead atoms. The molecule has 1 heterocycles. The Morgan fingerprint density at radius 1 is 1.16 bits per heavy atom. The largest absolute Gasteiger partial charge is 0.387 e. The summed E-state index contributed by atoms with van der Waals surface area (Å²) in [4.78, 5) is 14.2. The molecule has 3 aromatic rings. The van der Waals surface area contributed by atoms with Crippen molar-refractivity contribution in [3.63, 3.8) is 0 Å². The molecule has 0 radical (unpaired) electrons. The average molecular weight is 337 g/mol. The predicted molar refractivity (Wildman–Crippen MR) is 101 cm³/mol. The van der Waals surface area contributed by atoms with Gasteiger partial charge in [-0.2, -0.15) is 0 Å². The number of aromatic nitrogens is 1. The summed E-state index contributed by atoms with van der Waals surface area (Å²) in [5, 5.41) is 14.2. The van der Waals surface area contributed by atoms with Crippen molar-refractivity contribution >= 4 is 22.5 Å². The molecule has 1 aromatic heterocycles. The van der Waals surface area contributed by atoms with E-state index in [0.717, 1.165) is 22.2 Å². The van der Waals surface area contributed by atoms with Gasteiger partial charge in [0.1, 0.15) is 0 Å². The fourth-order valence-corrected chi connectivity index (χ4v) is 2.83. The Labute approximate surface area is 147 Å². The number of nitrogens with one attached hydrogen (secondary N) is 1. The first-order valence-corrected chi connectivity index (χ1v) is 8.24. The standard InChI is InChI=1S/C20H23N3O2/c1-22(2)17-7-4-14(5-8-17)20(25)21-13-19(24)16-6-9-18-15(12-16)10-11-23(18)3/h4-12,19,24H,13H2,1-3H3,(H,21,25). The number of aliphatic hydroxyl groups is 1. The van der Waals surface area contributed by atoms with Gasteiger partial charge in [-0.1, -0.05) is 6.07 Å². The van der Waals surface area contributed by atoms with Crippen LogP contribution in [0.15, 0.2) is 54.7 Å². The van der Waals surface area contributed by atoms with Gasteiger partial charge in [-0.05, 0) is 53.4 Å². The molecule has 0 aliphatic heterocycles. The van der Waals surface area contributed by atoms with E-state index in [9.17, 15) is 9.90 Å². The predicted octanol–water partition coefficient (Wildman–Crippen LogP) is 2.71. The molecule has 0 saturated carbocycles. The van der Waals surface area contributed by atoms with Gasteiger partial charge in [0.25, 0.3) is 5.91 Å². The van der Waals surface area contributed by atoms with Crippen LogP contribution in [-0.4, -0.2) is 36.2 Å². The van der Waals surface area contributed by atoms with Gasteiger partial charge in [0, 0.05) is 50.7 Å². The van der Waals surface area contributed by atoms with E-state index < -0.39 is 6.10 Å². The number of hydrogen-bond acceptors (Lipinski definition) is 3. The molecular formula is C20H23N3O2. The number of amides is 1. The molecule has 0 aliphatic carbocycles. The molecule has 2 aromatic carbocycles. The summed E-state index contributed by atoms with van der Waals surface area (Å²) in [7, 11) is 5.89. The van der Waals surface area contributed by atoms with Crippen LogP contribution in [0, 0.1) is 0 Å². The summed E-state index contributed by atoms with van der Waals surface area (Å²) in [6.45, 7) is 0.173. The molecule has 1 atom stereocenters. The SMILES string of the molecule is CN(C)c1ccc(C(=O)NCC(O)c2ccc3c(ccn3C)c2)cc1. The lowest BCUT2D eigenvalue weighted by Crippen LogP contribution is -2.28. The van der Waals surface area contributed by atoms with E-state index in [1.807, 2.05) is 73.2 Å². The monoisotopic (exact) mass is 337 g/mol. The molecule has 0 fully saturated rings. The number of rotatable bonds is 5. The Kier molecular flexibility index (Phi) is 4.76. The van der Waals surface area contributed by atoms with E-state index in [1.54, 1.807) is 12.1 Å². The summed E-state index contributed by atoms with van der Waals surface area (Å²) in [5.74, 6) is -0.190. The van der Waals surface area contributed by atoms with Crippen molar-refractivity contribution in [1.29, 1.82) is 0 Å². The zero-order valence-corrected chi connectivity index (χ0v) is 14.7. The van der Waals surface area contributed by atoms with Crippen molar-refractivity contribution in [1.82, 2.24) is 9.88 Å². The van der Waals surface area contributed by atoms with Crippen LogP contribution in [0.4, 0.5) is 5.69 Å². The van der Waals surface area contributed by atoms with E-state index in [2.05, 4.69) is 5.32 Å². The minimum Gasteiger partial charge on any atom is -0.387 e. The Morgan fingerprint density at radius 3 is 2.56 bits per heavy atom. The van der Waals surface area contributed by atoms with E-state index in [1.165, 1.54) is 0 Å². The minimum atomic E-state index is -0.741. The maximum absolute atomic E-state index is 12.2. The summed E-state index contributed by atoms with van der Waals surface area (Å²) in [6, 6.07) is 15.2. The second-order valence-electron chi connectivity index (χ2n) is 6.41. The smallest absolute Gasteiger partial charge is 0.251 e. The second-order valence-corrected chi connectivity index (χ2v) is 6.41. The van der Waals surface area contributed by atoms with E-state index in [-0.39, 0.29) is 12.5 Å². The summed E-state index contributed by atoms with van der Waals surface area (Å²) in [5.41, 5.74) is 3.52. The van der Waals surface area contributed by atoms with E-state index in [4.69, 9.17) is 0 Å². The van der Waals surface area contributed by atoms with Gasteiger partial charge in [-0.25, -0.2) is 0 Å².